The molecule has 0 aromatic heterocycles. The highest BCUT2D eigenvalue weighted by molar-refractivity contribution is 6.07. The van der Waals surface area contributed by atoms with Gasteiger partial charge in [0.1, 0.15) is 0 Å². The van der Waals surface area contributed by atoms with Gasteiger partial charge in [-0.25, -0.2) is 0 Å². The van der Waals surface area contributed by atoms with Crippen LogP contribution in [0.1, 0.15) is 92.4 Å². The number of hydrogen-bond acceptors (Lipinski definition) is 5. The fraction of sp³-hybridized carbons (Fsp3) is 0.562. The fourth-order valence-corrected chi connectivity index (χ4v) is 7.82. The summed E-state index contributed by atoms with van der Waals surface area (Å²) in [5.74, 6) is 0.707. The van der Waals surface area contributed by atoms with Crippen LogP contribution in [0.4, 0.5) is 11.4 Å². The van der Waals surface area contributed by atoms with E-state index in [4.69, 9.17) is 0 Å². The lowest BCUT2D eigenvalue weighted by Gasteiger charge is -2.56. The number of anilines is 2. The molecular weight excluding hydrogens is 456 g/mol. The molecular formula is C32H40N4O. The van der Waals surface area contributed by atoms with Crippen molar-refractivity contribution in [2.45, 2.75) is 83.2 Å². The van der Waals surface area contributed by atoms with Gasteiger partial charge in [-0.1, -0.05) is 40.7 Å². The average Bonchev–Trinajstić information content (AvgIpc) is 3.26. The van der Waals surface area contributed by atoms with Gasteiger partial charge in [-0.3, -0.25) is 9.69 Å². The number of hydrogen-bond donors (Lipinski definition) is 1. The lowest BCUT2D eigenvalue weighted by molar-refractivity contribution is -0.0260. The van der Waals surface area contributed by atoms with Crippen molar-refractivity contribution in [1.29, 1.82) is 5.26 Å². The van der Waals surface area contributed by atoms with Crippen LogP contribution in [0.5, 0.6) is 0 Å². The molecule has 37 heavy (non-hydrogen) atoms. The van der Waals surface area contributed by atoms with Crippen molar-refractivity contribution >= 4 is 17.2 Å². The molecule has 5 nitrogen and oxygen atoms in total. The summed E-state index contributed by atoms with van der Waals surface area (Å²) in [4.78, 5) is 19.3. The van der Waals surface area contributed by atoms with E-state index in [1.807, 2.05) is 18.2 Å². The zero-order valence-corrected chi connectivity index (χ0v) is 23.0. The van der Waals surface area contributed by atoms with Crippen molar-refractivity contribution in [2.75, 3.05) is 36.4 Å². The highest BCUT2D eigenvalue weighted by Gasteiger charge is 2.52. The number of ketones is 1. The van der Waals surface area contributed by atoms with E-state index in [0.29, 0.717) is 17.0 Å². The minimum atomic E-state index is -0.226. The van der Waals surface area contributed by atoms with Crippen LogP contribution in [0.15, 0.2) is 30.3 Å². The first-order chi connectivity index (χ1) is 17.7. The molecule has 0 bridgehead atoms. The number of fused-ring (bicyclic) bond motifs is 4. The van der Waals surface area contributed by atoms with Crippen LogP contribution in [0.25, 0.3) is 0 Å². The number of benzene rings is 2. The highest BCUT2D eigenvalue weighted by atomic mass is 16.1. The topological polar surface area (TPSA) is 59.4 Å². The van der Waals surface area contributed by atoms with Gasteiger partial charge in [-0.15, -0.1) is 0 Å². The van der Waals surface area contributed by atoms with Crippen molar-refractivity contribution in [3.05, 3.63) is 58.1 Å². The minimum absolute atomic E-state index is 0.0156. The smallest absolute Gasteiger partial charge is 0.172 e. The van der Waals surface area contributed by atoms with Crippen molar-refractivity contribution in [3.8, 4) is 6.07 Å². The number of carbonyl (C=O) groups excluding carboxylic acids is 1. The Morgan fingerprint density at radius 3 is 2.43 bits per heavy atom. The molecule has 194 valence electrons. The third kappa shape index (κ3) is 3.48. The molecule has 2 atom stereocenters. The predicted molar refractivity (Wildman–Crippen MR) is 150 cm³/mol. The molecule has 6 rings (SSSR count). The van der Waals surface area contributed by atoms with E-state index in [1.165, 1.54) is 30.5 Å². The van der Waals surface area contributed by atoms with Crippen LogP contribution in [0, 0.1) is 17.2 Å². The summed E-state index contributed by atoms with van der Waals surface area (Å²) < 4.78 is 0. The molecule has 2 heterocycles. The van der Waals surface area contributed by atoms with Gasteiger partial charge in [0.2, 0.25) is 0 Å². The van der Waals surface area contributed by atoms with Crippen LogP contribution in [0.2, 0.25) is 0 Å². The van der Waals surface area contributed by atoms with Gasteiger partial charge in [-0.05, 0) is 72.6 Å². The first-order valence-corrected chi connectivity index (χ1v) is 14.2. The molecule has 2 aliphatic heterocycles. The third-order valence-corrected chi connectivity index (χ3v) is 10.3. The molecule has 2 fully saturated rings. The van der Waals surface area contributed by atoms with Crippen LogP contribution in [0.3, 0.4) is 0 Å². The molecule has 4 aliphatic rings. The Hall–Kier alpha value is -2.84. The molecule has 2 unspecified atom stereocenters. The number of nitrogens with one attached hydrogen (secondary N) is 1. The fourth-order valence-electron chi connectivity index (χ4n) is 7.82. The Balaban J connectivity index is 1.33. The van der Waals surface area contributed by atoms with Crippen LogP contribution < -0.4 is 10.2 Å². The summed E-state index contributed by atoms with van der Waals surface area (Å²) >= 11 is 0. The summed E-state index contributed by atoms with van der Waals surface area (Å²) in [6, 6.07) is 12.5. The van der Waals surface area contributed by atoms with Gasteiger partial charge in [0.15, 0.2) is 5.78 Å². The molecule has 1 N–H and O–H groups in total. The number of Topliss-reactive ketones (excluding diaryl/α,β-unsaturated/α-hetero) is 1. The summed E-state index contributed by atoms with van der Waals surface area (Å²) in [7, 11) is 0. The van der Waals surface area contributed by atoms with E-state index in [1.54, 1.807) is 0 Å². The van der Waals surface area contributed by atoms with E-state index in [9.17, 15) is 10.1 Å². The van der Waals surface area contributed by atoms with E-state index in [0.717, 1.165) is 55.0 Å². The van der Waals surface area contributed by atoms with Gasteiger partial charge in [0.25, 0.3) is 0 Å². The first kappa shape index (κ1) is 24.5. The molecule has 0 radical (unpaired) electrons. The van der Waals surface area contributed by atoms with E-state index in [2.05, 4.69) is 67.9 Å². The highest BCUT2D eigenvalue weighted by Crippen LogP contribution is 2.52. The summed E-state index contributed by atoms with van der Waals surface area (Å²) in [5, 5.41) is 13.0. The normalized spacial score (nSPS) is 25.5. The van der Waals surface area contributed by atoms with Crippen LogP contribution in [-0.4, -0.2) is 48.4 Å². The second kappa shape index (κ2) is 8.60. The van der Waals surface area contributed by atoms with Gasteiger partial charge in [0, 0.05) is 60.1 Å². The minimum Gasteiger partial charge on any atom is -0.380 e. The number of aryl methyl sites for hydroxylation is 1. The maximum atomic E-state index is 14.0. The predicted octanol–water partition coefficient (Wildman–Crippen LogP) is 5.87. The Labute approximate surface area is 221 Å². The SMILES string of the molecule is CCc1cc2c(cc1N1CCN(C3(C(C)C)CCC3)CC1)C(C)(C)C1Nc3cc(C#N)ccc3C1C2=O. The van der Waals surface area contributed by atoms with Gasteiger partial charge in [0.05, 0.1) is 17.6 Å². The molecule has 1 saturated heterocycles. The zero-order valence-electron chi connectivity index (χ0n) is 23.0. The molecule has 1 saturated carbocycles. The zero-order chi connectivity index (χ0) is 26.1. The third-order valence-electron chi connectivity index (χ3n) is 10.3. The van der Waals surface area contributed by atoms with E-state index >= 15 is 0 Å². The maximum absolute atomic E-state index is 14.0. The lowest BCUT2D eigenvalue weighted by atomic mass is 9.63. The van der Waals surface area contributed by atoms with Crippen molar-refractivity contribution < 1.29 is 4.79 Å². The number of piperazine rings is 1. The Morgan fingerprint density at radius 2 is 1.84 bits per heavy atom. The first-order valence-electron chi connectivity index (χ1n) is 14.2. The summed E-state index contributed by atoms with van der Waals surface area (Å²) in [6.45, 7) is 15.9. The van der Waals surface area contributed by atoms with E-state index < -0.39 is 0 Å². The van der Waals surface area contributed by atoms with Crippen molar-refractivity contribution in [1.82, 2.24) is 4.90 Å². The van der Waals surface area contributed by atoms with Gasteiger partial charge < -0.3 is 10.2 Å². The van der Waals surface area contributed by atoms with Gasteiger partial charge >= 0.3 is 0 Å². The van der Waals surface area contributed by atoms with Crippen LogP contribution in [-0.2, 0) is 11.8 Å². The quantitative estimate of drug-likeness (QED) is 0.573. The van der Waals surface area contributed by atoms with Gasteiger partial charge in [-0.2, -0.15) is 5.26 Å². The van der Waals surface area contributed by atoms with Crippen molar-refractivity contribution in [2.24, 2.45) is 5.92 Å². The van der Waals surface area contributed by atoms with Crippen molar-refractivity contribution in [3.63, 3.8) is 0 Å². The Bertz CT molecular complexity index is 1290. The second-order valence-corrected chi connectivity index (χ2v) is 12.6. The number of nitrogens with zero attached hydrogens (tertiary/aromatic N) is 3. The van der Waals surface area contributed by atoms with Crippen LogP contribution >= 0.6 is 0 Å². The average molecular weight is 497 g/mol. The molecule has 0 spiro atoms. The number of carbonyl (C=O) groups is 1. The molecule has 0 amide bonds. The Kier molecular flexibility index (Phi) is 5.69. The lowest BCUT2D eigenvalue weighted by Crippen LogP contribution is -2.62. The molecule has 2 aromatic carbocycles. The second-order valence-electron chi connectivity index (χ2n) is 12.6. The Morgan fingerprint density at radius 1 is 1.11 bits per heavy atom. The summed E-state index contributed by atoms with van der Waals surface area (Å²) in [5.41, 5.74) is 7.42. The number of rotatable bonds is 4. The molecule has 5 heteroatoms. The standard InChI is InChI=1S/C32H40N4O/c1-6-22-17-24-25(18-27(22)35-12-14-36(15-13-35)32(20(2)3)10-7-11-32)31(4,5)30-28(29(24)37)23-9-8-21(19-33)16-26(23)34-30/h8-9,16-18,20,28,30,34H,6-7,10-15H2,1-5H3. The summed E-state index contributed by atoms with van der Waals surface area (Å²) in [6.07, 6.45) is 4.97. The largest absolute Gasteiger partial charge is 0.380 e. The molecule has 2 aromatic rings. The maximum Gasteiger partial charge on any atom is 0.172 e. The monoisotopic (exact) mass is 496 g/mol. The molecule has 2 aliphatic carbocycles. The number of nitriles is 1. The van der Waals surface area contributed by atoms with E-state index in [-0.39, 0.29) is 23.2 Å².